The highest BCUT2D eigenvalue weighted by atomic mass is 16.2. The molecule has 0 radical (unpaired) electrons. The zero-order valence-corrected chi connectivity index (χ0v) is 10.3. The molecule has 1 aromatic rings. The van der Waals surface area contributed by atoms with E-state index in [0.29, 0.717) is 11.6 Å². The number of rotatable bonds is 2. The van der Waals surface area contributed by atoms with Gasteiger partial charge in [0.25, 0.3) is 0 Å². The summed E-state index contributed by atoms with van der Waals surface area (Å²) in [6.07, 6.45) is -0.294. The first-order valence-electron chi connectivity index (χ1n) is 5.76. The van der Waals surface area contributed by atoms with Gasteiger partial charge in [-0.1, -0.05) is 26.0 Å². The number of hydrogen-bond donors (Lipinski definition) is 1. The molecule has 0 bridgehead atoms. The van der Waals surface area contributed by atoms with Gasteiger partial charge in [-0.2, -0.15) is 0 Å². The van der Waals surface area contributed by atoms with Crippen molar-refractivity contribution in [3.8, 4) is 0 Å². The van der Waals surface area contributed by atoms with Gasteiger partial charge in [-0.05, 0) is 23.6 Å². The number of barbiturate groups is 1. The first-order valence-corrected chi connectivity index (χ1v) is 5.76. The Hall–Kier alpha value is -2.17. The molecule has 0 spiro atoms. The van der Waals surface area contributed by atoms with Crippen molar-refractivity contribution in [3.63, 3.8) is 0 Å². The van der Waals surface area contributed by atoms with Crippen LogP contribution < -0.4 is 10.2 Å². The van der Waals surface area contributed by atoms with Crippen LogP contribution in [0, 0.1) is 0 Å². The molecule has 94 valence electrons. The van der Waals surface area contributed by atoms with Crippen LogP contribution in [-0.2, 0) is 9.59 Å². The van der Waals surface area contributed by atoms with E-state index in [0.717, 1.165) is 10.5 Å². The minimum atomic E-state index is -0.683. The first-order chi connectivity index (χ1) is 8.49. The summed E-state index contributed by atoms with van der Waals surface area (Å²) in [5.74, 6) is -0.750. The first kappa shape index (κ1) is 12.3. The standard InChI is InChI=1S/C13H14N2O3/c1-8(2)9-4-3-5-10(6-9)15-12(17)7-11(16)14-13(15)18/h3-6,8H,7H2,1-2H3,(H,14,16,18). The maximum Gasteiger partial charge on any atom is 0.335 e. The van der Waals surface area contributed by atoms with E-state index in [2.05, 4.69) is 5.32 Å². The van der Waals surface area contributed by atoms with Crippen LogP contribution in [0.3, 0.4) is 0 Å². The monoisotopic (exact) mass is 246 g/mol. The van der Waals surface area contributed by atoms with Crippen LogP contribution >= 0.6 is 0 Å². The van der Waals surface area contributed by atoms with Gasteiger partial charge in [0.2, 0.25) is 11.8 Å². The maximum atomic E-state index is 11.7. The van der Waals surface area contributed by atoms with Crippen LogP contribution in [-0.4, -0.2) is 17.8 Å². The fourth-order valence-electron chi connectivity index (χ4n) is 1.83. The van der Waals surface area contributed by atoms with Crippen LogP contribution in [0.2, 0.25) is 0 Å². The third kappa shape index (κ3) is 2.25. The Morgan fingerprint density at radius 3 is 2.56 bits per heavy atom. The average molecular weight is 246 g/mol. The number of amides is 4. The molecule has 1 aliphatic heterocycles. The van der Waals surface area contributed by atoms with E-state index in [1.54, 1.807) is 18.2 Å². The van der Waals surface area contributed by atoms with Crippen molar-refractivity contribution in [3.05, 3.63) is 29.8 Å². The second-order valence-electron chi connectivity index (χ2n) is 4.51. The minimum absolute atomic E-state index is 0.294. The lowest BCUT2D eigenvalue weighted by Gasteiger charge is -2.25. The highest BCUT2D eigenvalue weighted by Crippen LogP contribution is 2.23. The number of anilines is 1. The summed E-state index contributed by atoms with van der Waals surface area (Å²) in [5, 5.41) is 2.13. The fourth-order valence-corrected chi connectivity index (χ4v) is 1.83. The van der Waals surface area contributed by atoms with Gasteiger partial charge < -0.3 is 0 Å². The predicted molar refractivity (Wildman–Crippen MR) is 66.2 cm³/mol. The number of hydrogen-bond acceptors (Lipinski definition) is 3. The van der Waals surface area contributed by atoms with E-state index in [4.69, 9.17) is 0 Å². The van der Waals surface area contributed by atoms with Crippen LogP contribution in [0.5, 0.6) is 0 Å². The highest BCUT2D eigenvalue weighted by molar-refractivity contribution is 6.26. The van der Waals surface area contributed by atoms with Crippen LogP contribution in [0.1, 0.15) is 31.7 Å². The quantitative estimate of drug-likeness (QED) is 0.809. The number of benzene rings is 1. The van der Waals surface area contributed by atoms with Crippen molar-refractivity contribution in [1.29, 1.82) is 0 Å². The number of carbonyl (C=O) groups is 3. The Morgan fingerprint density at radius 1 is 1.22 bits per heavy atom. The van der Waals surface area contributed by atoms with Gasteiger partial charge in [-0.3, -0.25) is 14.9 Å². The zero-order chi connectivity index (χ0) is 13.3. The molecule has 1 heterocycles. The van der Waals surface area contributed by atoms with E-state index in [1.165, 1.54) is 0 Å². The van der Waals surface area contributed by atoms with E-state index in [1.807, 2.05) is 19.9 Å². The summed E-state index contributed by atoms with van der Waals surface area (Å²) in [6, 6.07) is 6.52. The largest absolute Gasteiger partial charge is 0.335 e. The molecular formula is C13H14N2O3. The number of urea groups is 1. The summed E-state index contributed by atoms with van der Waals surface area (Å²) in [4.78, 5) is 35.5. The molecule has 5 heteroatoms. The lowest BCUT2D eigenvalue weighted by atomic mass is 10.0. The summed E-state index contributed by atoms with van der Waals surface area (Å²) in [6.45, 7) is 4.06. The third-order valence-electron chi connectivity index (χ3n) is 2.81. The van der Waals surface area contributed by atoms with Gasteiger partial charge in [0.1, 0.15) is 6.42 Å². The van der Waals surface area contributed by atoms with Gasteiger partial charge in [0, 0.05) is 0 Å². The van der Waals surface area contributed by atoms with Gasteiger partial charge in [-0.15, -0.1) is 0 Å². The molecule has 1 aromatic carbocycles. The summed E-state index contributed by atoms with van der Waals surface area (Å²) in [7, 11) is 0. The normalized spacial score (nSPS) is 16.2. The third-order valence-corrected chi connectivity index (χ3v) is 2.81. The molecule has 0 unspecified atom stereocenters. The molecular weight excluding hydrogens is 232 g/mol. The molecule has 0 aliphatic carbocycles. The topological polar surface area (TPSA) is 66.5 Å². The zero-order valence-electron chi connectivity index (χ0n) is 10.3. The van der Waals surface area contributed by atoms with E-state index in [-0.39, 0.29) is 6.42 Å². The average Bonchev–Trinajstić information content (AvgIpc) is 2.28. The van der Waals surface area contributed by atoms with Crippen LogP contribution in [0.15, 0.2) is 24.3 Å². The van der Waals surface area contributed by atoms with Gasteiger partial charge >= 0.3 is 6.03 Å². The minimum Gasteiger partial charge on any atom is -0.277 e. The van der Waals surface area contributed by atoms with Crippen molar-refractivity contribution in [2.24, 2.45) is 0 Å². The summed E-state index contributed by atoms with van der Waals surface area (Å²) in [5.41, 5.74) is 1.53. The molecule has 18 heavy (non-hydrogen) atoms. The number of imide groups is 2. The van der Waals surface area contributed by atoms with Crippen molar-refractivity contribution in [2.45, 2.75) is 26.2 Å². The van der Waals surface area contributed by atoms with Crippen LogP contribution in [0.4, 0.5) is 10.5 Å². The fraction of sp³-hybridized carbons (Fsp3) is 0.308. The Kier molecular flexibility index (Phi) is 3.14. The highest BCUT2D eigenvalue weighted by Gasteiger charge is 2.32. The number of nitrogens with zero attached hydrogens (tertiary/aromatic N) is 1. The van der Waals surface area contributed by atoms with Crippen LogP contribution in [0.25, 0.3) is 0 Å². The molecule has 1 N–H and O–H groups in total. The SMILES string of the molecule is CC(C)c1cccc(N2C(=O)CC(=O)NC2=O)c1. The molecule has 1 fully saturated rings. The van der Waals surface area contributed by atoms with Crippen molar-refractivity contribution >= 4 is 23.5 Å². The van der Waals surface area contributed by atoms with E-state index < -0.39 is 17.8 Å². The van der Waals surface area contributed by atoms with E-state index >= 15 is 0 Å². The van der Waals surface area contributed by atoms with Crippen molar-refractivity contribution < 1.29 is 14.4 Å². The lowest BCUT2D eigenvalue weighted by molar-refractivity contribution is -0.128. The summed E-state index contributed by atoms with van der Waals surface area (Å²) < 4.78 is 0. The molecule has 0 aromatic heterocycles. The Labute approximate surface area is 105 Å². The lowest BCUT2D eigenvalue weighted by Crippen LogP contribution is -2.52. The molecule has 2 rings (SSSR count). The molecule has 4 amide bonds. The van der Waals surface area contributed by atoms with Gasteiger partial charge in [-0.25, -0.2) is 9.69 Å². The molecule has 5 nitrogen and oxygen atoms in total. The number of nitrogens with one attached hydrogen (secondary N) is 1. The predicted octanol–water partition coefficient (Wildman–Crippen LogP) is 1.78. The molecule has 1 aliphatic rings. The number of carbonyl (C=O) groups excluding carboxylic acids is 3. The molecule has 1 saturated heterocycles. The Bertz CT molecular complexity index is 503. The second-order valence-corrected chi connectivity index (χ2v) is 4.51. The Morgan fingerprint density at radius 2 is 1.94 bits per heavy atom. The van der Waals surface area contributed by atoms with Gasteiger partial charge in [0.05, 0.1) is 5.69 Å². The summed E-state index contributed by atoms with van der Waals surface area (Å²) >= 11 is 0. The van der Waals surface area contributed by atoms with Crippen molar-refractivity contribution in [2.75, 3.05) is 4.90 Å². The van der Waals surface area contributed by atoms with Crippen molar-refractivity contribution in [1.82, 2.24) is 5.32 Å². The molecule has 0 atom stereocenters. The Balaban J connectivity index is 2.36. The second kappa shape index (κ2) is 4.60. The molecule has 0 saturated carbocycles. The maximum absolute atomic E-state index is 11.7. The van der Waals surface area contributed by atoms with Gasteiger partial charge in [0.15, 0.2) is 0 Å². The van der Waals surface area contributed by atoms with E-state index in [9.17, 15) is 14.4 Å². The smallest absolute Gasteiger partial charge is 0.277 e.